The Bertz CT molecular complexity index is 1750. The normalized spacial score (nSPS) is 16.1. The number of nitrogens with zero attached hydrogens (tertiary/aromatic N) is 3. The van der Waals surface area contributed by atoms with Crippen molar-refractivity contribution in [2.24, 2.45) is 5.10 Å². The van der Waals surface area contributed by atoms with Crippen molar-refractivity contribution >= 4 is 46.9 Å². The van der Waals surface area contributed by atoms with Gasteiger partial charge in [0.25, 0.3) is 5.91 Å². The highest BCUT2D eigenvalue weighted by Crippen LogP contribution is 2.35. The number of hydrogen-bond acceptors (Lipinski definition) is 5. The quantitative estimate of drug-likeness (QED) is 0.146. The molecule has 2 N–H and O–H groups in total. The zero-order valence-electron chi connectivity index (χ0n) is 23.3. The number of aryl methyl sites for hydroxylation is 1. The molecule has 2 aliphatic heterocycles. The number of benzene rings is 4. The average molecular weight is 554 g/mol. The molecule has 6 heteroatoms. The van der Waals surface area contributed by atoms with E-state index in [4.69, 9.17) is 0 Å². The summed E-state index contributed by atoms with van der Waals surface area (Å²) < 4.78 is 0. The fraction of sp³-hybridized carbons (Fsp3) is 0.111. The largest absolute Gasteiger partial charge is 0.504 e. The first-order valence-corrected chi connectivity index (χ1v) is 14.0. The number of hydrazone groups is 1. The van der Waals surface area contributed by atoms with Crippen molar-refractivity contribution in [1.29, 1.82) is 0 Å². The van der Waals surface area contributed by atoms with Crippen LogP contribution in [-0.4, -0.2) is 28.4 Å². The molecule has 0 atom stereocenters. The number of fused-ring (bicyclic) bond motifs is 1. The molecule has 2 heterocycles. The summed E-state index contributed by atoms with van der Waals surface area (Å²) in [7, 11) is 0. The second-order valence-corrected chi connectivity index (χ2v) is 10.4. The Kier molecular flexibility index (Phi) is 7.43. The third kappa shape index (κ3) is 5.60. The molecule has 4 aromatic carbocycles. The van der Waals surface area contributed by atoms with Gasteiger partial charge in [-0.15, -0.1) is 0 Å². The number of hydrogen-bond donors (Lipinski definition) is 2. The van der Waals surface area contributed by atoms with Crippen molar-refractivity contribution in [3.8, 4) is 11.5 Å². The number of allylic oxidation sites excluding steroid dienone is 2. The summed E-state index contributed by atoms with van der Waals surface area (Å²) in [6.07, 6.45) is 11.8. The summed E-state index contributed by atoms with van der Waals surface area (Å²) in [5.74, 6) is -0.374. The van der Waals surface area contributed by atoms with Crippen molar-refractivity contribution in [3.63, 3.8) is 0 Å². The second kappa shape index (κ2) is 11.6. The van der Waals surface area contributed by atoms with Gasteiger partial charge < -0.3 is 15.1 Å². The van der Waals surface area contributed by atoms with E-state index in [0.717, 1.165) is 47.5 Å². The van der Waals surface area contributed by atoms with Gasteiger partial charge in [-0.2, -0.15) is 10.1 Å². The lowest BCUT2D eigenvalue weighted by Gasteiger charge is -2.31. The standard InChI is InChI=1S/C36H31N3O3/c1-25-32(36(42)39(37-25)31-9-3-2-4-10-31)11-5-7-27-16-20-33-29(23-27)8-6-22-38(33)30-18-14-26(15-19-30)12-13-28-17-21-34(40)35(41)24-28/h2-5,7,9-21,23-24,40-41H,6,8,22H2,1H3/b7-5+,13-12+,32-11-. The zero-order valence-corrected chi connectivity index (χ0v) is 23.3. The molecule has 0 fully saturated rings. The van der Waals surface area contributed by atoms with Crippen molar-refractivity contribution in [2.75, 3.05) is 16.5 Å². The van der Waals surface area contributed by atoms with Crippen molar-refractivity contribution in [2.45, 2.75) is 19.8 Å². The summed E-state index contributed by atoms with van der Waals surface area (Å²) in [5.41, 5.74) is 8.67. The smallest absolute Gasteiger partial charge is 0.280 e. The van der Waals surface area contributed by atoms with Crippen LogP contribution in [0.5, 0.6) is 11.5 Å². The highest BCUT2D eigenvalue weighted by molar-refractivity contribution is 6.29. The molecular formula is C36H31N3O3. The first-order valence-electron chi connectivity index (χ1n) is 14.0. The lowest BCUT2D eigenvalue weighted by molar-refractivity contribution is -0.114. The first kappa shape index (κ1) is 26.8. The number of amides is 1. The van der Waals surface area contributed by atoms with Crippen LogP contribution in [0.1, 0.15) is 35.6 Å². The van der Waals surface area contributed by atoms with Gasteiger partial charge in [-0.05, 0) is 96.6 Å². The molecule has 4 aromatic rings. The lowest BCUT2D eigenvalue weighted by Crippen LogP contribution is -2.24. The van der Waals surface area contributed by atoms with E-state index >= 15 is 0 Å². The molecule has 6 rings (SSSR count). The molecule has 208 valence electrons. The number of carbonyl (C=O) groups is 1. The van der Waals surface area contributed by atoms with Crippen molar-refractivity contribution in [1.82, 2.24) is 0 Å². The molecule has 0 aliphatic carbocycles. The molecule has 6 nitrogen and oxygen atoms in total. The minimum atomic E-state index is -0.129. The van der Waals surface area contributed by atoms with Crippen LogP contribution in [0.3, 0.4) is 0 Å². The Balaban J connectivity index is 1.15. The fourth-order valence-corrected chi connectivity index (χ4v) is 5.30. The highest BCUT2D eigenvalue weighted by Gasteiger charge is 2.28. The van der Waals surface area contributed by atoms with Crippen LogP contribution < -0.4 is 9.91 Å². The van der Waals surface area contributed by atoms with Crippen molar-refractivity contribution < 1.29 is 15.0 Å². The predicted molar refractivity (Wildman–Crippen MR) is 171 cm³/mol. The van der Waals surface area contributed by atoms with Gasteiger partial charge in [-0.1, -0.05) is 66.8 Å². The van der Waals surface area contributed by atoms with E-state index in [1.165, 1.54) is 28.4 Å². The van der Waals surface area contributed by atoms with Crippen LogP contribution in [0.25, 0.3) is 18.2 Å². The molecule has 0 spiro atoms. The van der Waals surface area contributed by atoms with E-state index in [2.05, 4.69) is 52.5 Å². The van der Waals surface area contributed by atoms with Crippen LogP contribution in [0, 0.1) is 0 Å². The van der Waals surface area contributed by atoms with E-state index in [9.17, 15) is 15.0 Å². The maximum absolute atomic E-state index is 12.9. The summed E-state index contributed by atoms with van der Waals surface area (Å²) in [6, 6.07) is 29.2. The van der Waals surface area contributed by atoms with Crippen LogP contribution in [0.15, 0.2) is 114 Å². The summed E-state index contributed by atoms with van der Waals surface area (Å²) >= 11 is 0. The Labute approximate surface area is 245 Å². The van der Waals surface area contributed by atoms with E-state index in [1.54, 1.807) is 6.07 Å². The maximum Gasteiger partial charge on any atom is 0.280 e. The minimum absolute atomic E-state index is 0.120. The van der Waals surface area contributed by atoms with Gasteiger partial charge in [0, 0.05) is 17.9 Å². The summed E-state index contributed by atoms with van der Waals surface area (Å²) in [6.45, 7) is 2.81. The highest BCUT2D eigenvalue weighted by atomic mass is 16.3. The number of phenols is 2. The second-order valence-electron chi connectivity index (χ2n) is 10.4. The molecule has 0 aromatic heterocycles. The number of para-hydroxylation sites is 1. The number of carbonyl (C=O) groups excluding carboxylic acids is 1. The number of aromatic hydroxyl groups is 2. The first-order chi connectivity index (χ1) is 20.5. The Morgan fingerprint density at radius 1 is 0.762 bits per heavy atom. The molecular weight excluding hydrogens is 522 g/mol. The molecule has 0 bridgehead atoms. The predicted octanol–water partition coefficient (Wildman–Crippen LogP) is 7.71. The van der Waals surface area contributed by atoms with Gasteiger partial charge in [0.1, 0.15) is 0 Å². The Morgan fingerprint density at radius 3 is 2.26 bits per heavy atom. The molecule has 0 saturated carbocycles. The van der Waals surface area contributed by atoms with Gasteiger partial charge in [0.15, 0.2) is 11.5 Å². The third-order valence-electron chi connectivity index (χ3n) is 7.51. The monoisotopic (exact) mass is 553 g/mol. The van der Waals surface area contributed by atoms with Crippen LogP contribution in [0.4, 0.5) is 17.1 Å². The van der Waals surface area contributed by atoms with Crippen molar-refractivity contribution in [3.05, 3.63) is 131 Å². The van der Waals surface area contributed by atoms with Gasteiger partial charge in [-0.3, -0.25) is 4.79 Å². The van der Waals surface area contributed by atoms with Gasteiger partial charge in [-0.25, -0.2) is 0 Å². The Hall–Kier alpha value is -5.36. The molecule has 0 saturated heterocycles. The van der Waals surface area contributed by atoms with Crippen LogP contribution in [0.2, 0.25) is 0 Å². The van der Waals surface area contributed by atoms with E-state index < -0.39 is 0 Å². The average Bonchev–Trinajstić information content (AvgIpc) is 3.30. The zero-order chi connectivity index (χ0) is 29.1. The fourth-order valence-electron chi connectivity index (χ4n) is 5.30. The molecule has 0 radical (unpaired) electrons. The van der Waals surface area contributed by atoms with E-state index in [1.807, 2.05) is 67.6 Å². The summed E-state index contributed by atoms with van der Waals surface area (Å²) in [4.78, 5) is 15.3. The molecule has 0 unspecified atom stereocenters. The van der Waals surface area contributed by atoms with E-state index in [-0.39, 0.29) is 17.4 Å². The summed E-state index contributed by atoms with van der Waals surface area (Å²) in [5, 5.41) is 25.1. The molecule has 2 aliphatic rings. The number of anilines is 3. The maximum atomic E-state index is 12.9. The van der Waals surface area contributed by atoms with Crippen LogP contribution in [-0.2, 0) is 11.2 Å². The van der Waals surface area contributed by atoms with Crippen LogP contribution >= 0.6 is 0 Å². The minimum Gasteiger partial charge on any atom is -0.504 e. The lowest BCUT2D eigenvalue weighted by atomic mass is 9.98. The Morgan fingerprint density at radius 2 is 1.48 bits per heavy atom. The molecule has 1 amide bonds. The number of rotatable bonds is 6. The SMILES string of the molecule is CC1=NN(c2ccccc2)C(=O)/C1=C\C=C\c1ccc2c(c1)CCCN2c1ccc(/C=C/c2ccc(O)c(O)c2)cc1. The number of phenolic OH excluding ortho intramolecular Hbond substituents is 2. The van der Waals surface area contributed by atoms with Gasteiger partial charge >= 0.3 is 0 Å². The van der Waals surface area contributed by atoms with Gasteiger partial charge in [0.05, 0.1) is 17.0 Å². The van der Waals surface area contributed by atoms with Gasteiger partial charge in [0.2, 0.25) is 0 Å². The molecule has 42 heavy (non-hydrogen) atoms. The van der Waals surface area contributed by atoms with E-state index in [0.29, 0.717) is 11.3 Å². The third-order valence-corrected chi connectivity index (χ3v) is 7.51. The topological polar surface area (TPSA) is 76.4 Å².